The molecule has 0 unspecified atom stereocenters. The molecular weight excluding hydrogens is 226 g/mol. The number of carbonyl (C=O) groups is 1. The minimum absolute atomic E-state index is 0.0899. The van der Waals surface area contributed by atoms with Gasteiger partial charge in [-0.3, -0.25) is 4.79 Å². The van der Waals surface area contributed by atoms with Crippen molar-refractivity contribution in [1.82, 2.24) is 5.32 Å². The summed E-state index contributed by atoms with van der Waals surface area (Å²) in [5, 5.41) is 13.0. The standard InChI is InChI=1S/C15H19NO2/c17-14-6-2-3-11-12(14)4-1-5-13(11)16-15(18)9-10-7-8-10/h2-3,6,10,13,17H,1,4-5,7-9H2,(H,16,18)/t13-/m1/s1. The third kappa shape index (κ3) is 2.35. The zero-order valence-corrected chi connectivity index (χ0v) is 10.5. The lowest BCUT2D eigenvalue weighted by Gasteiger charge is -2.27. The van der Waals surface area contributed by atoms with Gasteiger partial charge in [0.25, 0.3) is 0 Å². The van der Waals surface area contributed by atoms with E-state index < -0.39 is 0 Å². The molecule has 2 aliphatic rings. The third-order valence-electron chi connectivity index (χ3n) is 3.99. The first-order valence-corrected chi connectivity index (χ1v) is 6.84. The minimum atomic E-state index is 0.0899. The Balaban J connectivity index is 1.74. The maximum absolute atomic E-state index is 11.9. The van der Waals surface area contributed by atoms with Gasteiger partial charge in [-0.05, 0) is 55.2 Å². The van der Waals surface area contributed by atoms with E-state index in [4.69, 9.17) is 0 Å². The summed E-state index contributed by atoms with van der Waals surface area (Å²) in [7, 11) is 0. The average Bonchev–Trinajstić information content (AvgIpc) is 3.14. The van der Waals surface area contributed by atoms with E-state index in [2.05, 4.69) is 5.32 Å². The Morgan fingerprint density at radius 2 is 2.17 bits per heavy atom. The van der Waals surface area contributed by atoms with E-state index in [1.165, 1.54) is 12.8 Å². The van der Waals surface area contributed by atoms with Crippen LogP contribution in [0.2, 0.25) is 0 Å². The largest absolute Gasteiger partial charge is 0.508 e. The monoisotopic (exact) mass is 245 g/mol. The van der Waals surface area contributed by atoms with E-state index in [0.29, 0.717) is 18.1 Å². The highest BCUT2D eigenvalue weighted by Crippen LogP contribution is 2.36. The summed E-state index contributed by atoms with van der Waals surface area (Å²) in [5.74, 6) is 1.16. The predicted octanol–water partition coefficient (Wildman–Crippen LogP) is 2.69. The van der Waals surface area contributed by atoms with Crippen LogP contribution in [0.4, 0.5) is 0 Å². The topological polar surface area (TPSA) is 49.3 Å². The highest BCUT2D eigenvalue weighted by molar-refractivity contribution is 5.77. The zero-order chi connectivity index (χ0) is 12.5. The molecule has 2 aliphatic carbocycles. The Labute approximate surface area is 107 Å². The molecule has 0 aliphatic heterocycles. The smallest absolute Gasteiger partial charge is 0.220 e. The van der Waals surface area contributed by atoms with Crippen molar-refractivity contribution >= 4 is 5.91 Å². The number of benzene rings is 1. The first kappa shape index (κ1) is 11.6. The predicted molar refractivity (Wildman–Crippen MR) is 69.3 cm³/mol. The van der Waals surface area contributed by atoms with Crippen LogP contribution in [0.15, 0.2) is 18.2 Å². The van der Waals surface area contributed by atoms with Gasteiger partial charge in [-0.15, -0.1) is 0 Å². The number of phenols is 1. The second kappa shape index (κ2) is 4.63. The molecule has 1 atom stereocenters. The molecule has 0 heterocycles. The molecular formula is C15H19NO2. The summed E-state index contributed by atoms with van der Waals surface area (Å²) < 4.78 is 0. The maximum atomic E-state index is 11.9. The quantitative estimate of drug-likeness (QED) is 0.860. The van der Waals surface area contributed by atoms with Crippen molar-refractivity contribution in [1.29, 1.82) is 0 Å². The van der Waals surface area contributed by atoms with Crippen molar-refractivity contribution < 1.29 is 9.90 Å². The Morgan fingerprint density at radius 3 is 2.94 bits per heavy atom. The first-order chi connectivity index (χ1) is 8.74. The van der Waals surface area contributed by atoms with Gasteiger partial charge in [-0.25, -0.2) is 0 Å². The number of amides is 1. The highest BCUT2D eigenvalue weighted by Gasteiger charge is 2.27. The van der Waals surface area contributed by atoms with E-state index in [0.717, 1.165) is 30.4 Å². The molecule has 0 aromatic heterocycles. The van der Waals surface area contributed by atoms with Gasteiger partial charge in [-0.2, -0.15) is 0 Å². The molecule has 3 heteroatoms. The second-order valence-corrected chi connectivity index (χ2v) is 5.50. The van der Waals surface area contributed by atoms with Crippen LogP contribution >= 0.6 is 0 Å². The fraction of sp³-hybridized carbons (Fsp3) is 0.533. The van der Waals surface area contributed by atoms with Gasteiger partial charge in [0.1, 0.15) is 5.75 Å². The number of rotatable bonds is 3. The Hall–Kier alpha value is -1.51. The Kier molecular flexibility index (Phi) is 2.98. The van der Waals surface area contributed by atoms with Crippen LogP contribution in [0.1, 0.15) is 49.3 Å². The van der Waals surface area contributed by atoms with Crippen LogP contribution in [-0.4, -0.2) is 11.0 Å². The normalized spacial score (nSPS) is 22.3. The van der Waals surface area contributed by atoms with Gasteiger partial charge >= 0.3 is 0 Å². The zero-order valence-electron chi connectivity index (χ0n) is 10.5. The number of hydrogen-bond donors (Lipinski definition) is 2. The molecule has 1 saturated carbocycles. The van der Waals surface area contributed by atoms with Crippen molar-refractivity contribution in [2.45, 2.75) is 44.6 Å². The van der Waals surface area contributed by atoms with Crippen LogP contribution in [0.5, 0.6) is 5.75 Å². The number of phenolic OH excluding ortho intramolecular Hbond substituents is 1. The Morgan fingerprint density at radius 1 is 1.33 bits per heavy atom. The first-order valence-electron chi connectivity index (χ1n) is 6.84. The van der Waals surface area contributed by atoms with E-state index in [9.17, 15) is 9.90 Å². The lowest BCUT2D eigenvalue weighted by molar-refractivity contribution is -0.122. The molecule has 3 rings (SSSR count). The third-order valence-corrected chi connectivity index (χ3v) is 3.99. The van der Waals surface area contributed by atoms with E-state index in [1.807, 2.05) is 12.1 Å². The molecule has 96 valence electrons. The number of nitrogens with one attached hydrogen (secondary N) is 1. The van der Waals surface area contributed by atoms with Gasteiger partial charge in [0.15, 0.2) is 0 Å². The summed E-state index contributed by atoms with van der Waals surface area (Å²) >= 11 is 0. The molecule has 0 radical (unpaired) electrons. The number of hydrogen-bond acceptors (Lipinski definition) is 2. The fourth-order valence-corrected chi connectivity index (χ4v) is 2.82. The Bertz CT molecular complexity index is 466. The van der Waals surface area contributed by atoms with Gasteiger partial charge in [0, 0.05) is 6.42 Å². The average molecular weight is 245 g/mol. The van der Waals surface area contributed by atoms with Gasteiger partial charge in [-0.1, -0.05) is 12.1 Å². The van der Waals surface area contributed by atoms with E-state index in [-0.39, 0.29) is 11.9 Å². The van der Waals surface area contributed by atoms with Crippen LogP contribution in [-0.2, 0) is 11.2 Å². The summed E-state index contributed by atoms with van der Waals surface area (Å²) in [5.41, 5.74) is 2.12. The number of carbonyl (C=O) groups excluding carboxylic acids is 1. The van der Waals surface area contributed by atoms with Crippen LogP contribution in [0.25, 0.3) is 0 Å². The van der Waals surface area contributed by atoms with E-state index >= 15 is 0 Å². The lowest BCUT2D eigenvalue weighted by atomic mass is 9.87. The van der Waals surface area contributed by atoms with Gasteiger partial charge in [0.05, 0.1) is 6.04 Å². The van der Waals surface area contributed by atoms with Crippen molar-refractivity contribution in [3.63, 3.8) is 0 Å². The molecule has 1 aromatic rings. The molecule has 0 spiro atoms. The molecule has 18 heavy (non-hydrogen) atoms. The summed E-state index contributed by atoms with van der Waals surface area (Å²) in [6.45, 7) is 0. The number of aromatic hydroxyl groups is 1. The molecule has 1 aromatic carbocycles. The van der Waals surface area contributed by atoms with Crippen LogP contribution in [0.3, 0.4) is 0 Å². The molecule has 2 N–H and O–H groups in total. The summed E-state index contributed by atoms with van der Waals surface area (Å²) in [6, 6.07) is 5.70. The maximum Gasteiger partial charge on any atom is 0.220 e. The van der Waals surface area contributed by atoms with Crippen molar-refractivity contribution in [3.05, 3.63) is 29.3 Å². The van der Waals surface area contributed by atoms with Crippen LogP contribution in [0, 0.1) is 5.92 Å². The molecule has 1 amide bonds. The molecule has 0 bridgehead atoms. The van der Waals surface area contributed by atoms with Gasteiger partial charge in [0.2, 0.25) is 5.91 Å². The van der Waals surface area contributed by atoms with Crippen molar-refractivity contribution in [2.24, 2.45) is 5.92 Å². The van der Waals surface area contributed by atoms with Gasteiger partial charge < -0.3 is 10.4 Å². The van der Waals surface area contributed by atoms with Crippen LogP contribution < -0.4 is 5.32 Å². The molecule has 0 saturated heterocycles. The molecule has 1 fully saturated rings. The summed E-state index contributed by atoms with van der Waals surface area (Å²) in [4.78, 5) is 11.9. The SMILES string of the molecule is O=C(CC1CC1)N[C@@H]1CCCc2c(O)cccc21. The fourth-order valence-electron chi connectivity index (χ4n) is 2.82. The van der Waals surface area contributed by atoms with Crippen molar-refractivity contribution in [2.75, 3.05) is 0 Å². The number of fused-ring (bicyclic) bond motifs is 1. The highest BCUT2D eigenvalue weighted by atomic mass is 16.3. The van der Waals surface area contributed by atoms with Crippen molar-refractivity contribution in [3.8, 4) is 5.75 Å². The molecule has 3 nitrogen and oxygen atoms in total. The lowest BCUT2D eigenvalue weighted by Crippen LogP contribution is -2.31. The second-order valence-electron chi connectivity index (χ2n) is 5.50. The summed E-state index contributed by atoms with van der Waals surface area (Å²) in [6.07, 6.45) is 6.00. The minimum Gasteiger partial charge on any atom is -0.508 e. The van der Waals surface area contributed by atoms with E-state index in [1.54, 1.807) is 6.07 Å².